The Morgan fingerprint density at radius 3 is 2.00 bits per heavy atom. The van der Waals surface area contributed by atoms with Gasteiger partial charge in [-0.2, -0.15) is 12.8 Å². The summed E-state index contributed by atoms with van der Waals surface area (Å²) in [5.74, 6) is 0.817. The Labute approximate surface area is 109 Å². The SMILES string of the molecule is CC1CCC(=N[S@@](=O)C(C)(C)C)CC1.O=S=O. The third-order valence-corrected chi connectivity index (χ3v) is 4.06. The van der Waals surface area contributed by atoms with Crippen LogP contribution < -0.4 is 0 Å². The van der Waals surface area contributed by atoms with Gasteiger partial charge in [0, 0.05) is 5.71 Å². The molecule has 0 aromatic rings. The fraction of sp³-hybridized carbons (Fsp3) is 0.909. The Morgan fingerprint density at radius 1 is 1.24 bits per heavy atom. The van der Waals surface area contributed by atoms with Gasteiger partial charge < -0.3 is 0 Å². The van der Waals surface area contributed by atoms with Crippen molar-refractivity contribution in [3.05, 3.63) is 0 Å². The minimum atomic E-state index is -1.06. The molecular formula is C11H21NO3S2. The van der Waals surface area contributed by atoms with Crippen molar-refractivity contribution < 1.29 is 12.6 Å². The molecule has 1 atom stereocenters. The van der Waals surface area contributed by atoms with Crippen LogP contribution in [0.25, 0.3) is 0 Å². The highest BCUT2D eigenvalue weighted by atomic mass is 32.2. The molecule has 0 heterocycles. The minimum Gasteiger partial charge on any atom is -0.234 e. The number of hydrogen-bond donors (Lipinski definition) is 0. The predicted octanol–water partition coefficient (Wildman–Crippen LogP) is 2.43. The second-order valence-electron chi connectivity index (χ2n) is 5.27. The first-order valence-corrected chi connectivity index (χ1v) is 7.48. The summed E-state index contributed by atoms with van der Waals surface area (Å²) in [6.45, 7) is 8.19. The highest BCUT2D eigenvalue weighted by molar-refractivity contribution is 7.85. The smallest absolute Gasteiger partial charge is 0.234 e. The molecule has 1 aliphatic carbocycles. The molecule has 0 spiro atoms. The maximum Gasteiger partial charge on any atom is 0.335 e. The Morgan fingerprint density at radius 2 is 1.65 bits per heavy atom. The molecule has 1 rings (SSSR count). The molecule has 1 aliphatic rings. The molecule has 1 fully saturated rings. The summed E-state index contributed by atoms with van der Waals surface area (Å²) < 4.78 is 32.4. The van der Waals surface area contributed by atoms with Crippen molar-refractivity contribution in [2.45, 2.75) is 58.1 Å². The molecule has 0 aromatic heterocycles. The highest BCUT2D eigenvalue weighted by Crippen LogP contribution is 2.23. The zero-order valence-corrected chi connectivity index (χ0v) is 12.5. The van der Waals surface area contributed by atoms with Crippen LogP contribution in [0, 0.1) is 5.92 Å². The van der Waals surface area contributed by atoms with Crippen molar-refractivity contribution in [2.24, 2.45) is 10.3 Å². The maximum atomic E-state index is 11.7. The van der Waals surface area contributed by atoms with E-state index < -0.39 is 22.6 Å². The van der Waals surface area contributed by atoms with Crippen LogP contribution in [0.3, 0.4) is 0 Å². The first-order chi connectivity index (χ1) is 7.81. The summed E-state index contributed by atoms with van der Waals surface area (Å²) >= 11 is -0.750. The van der Waals surface area contributed by atoms with Gasteiger partial charge in [-0.1, -0.05) is 6.92 Å². The lowest BCUT2D eigenvalue weighted by molar-refractivity contribution is 0.484. The first kappa shape index (κ1) is 16.6. The largest absolute Gasteiger partial charge is 0.335 e. The van der Waals surface area contributed by atoms with E-state index in [4.69, 9.17) is 8.42 Å². The molecule has 0 N–H and O–H groups in total. The molecule has 0 radical (unpaired) electrons. The fourth-order valence-corrected chi connectivity index (χ4v) is 2.13. The fourth-order valence-electron chi connectivity index (χ4n) is 1.44. The van der Waals surface area contributed by atoms with Crippen molar-refractivity contribution in [3.63, 3.8) is 0 Å². The molecule has 0 unspecified atom stereocenters. The van der Waals surface area contributed by atoms with Gasteiger partial charge in [0.1, 0.15) is 11.0 Å². The zero-order chi connectivity index (χ0) is 13.5. The summed E-state index contributed by atoms with van der Waals surface area (Å²) in [5.41, 5.74) is 1.16. The monoisotopic (exact) mass is 279 g/mol. The molecule has 0 amide bonds. The average Bonchev–Trinajstić information content (AvgIpc) is 2.21. The number of nitrogens with zero attached hydrogens (tertiary/aromatic N) is 1. The lowest BCUT2D eigenvalue weighted by Gasteiger charge is -2.20. The van der Waals surface area contributed by atoms with Crippen LogP contribution in [0.2, 0.25) is 0 Å². The summed E-state index contributed by atoms with van der Waals surface area (Å²) in [5, 5.41) is 0. The van der Waals surface area contributed by atoms with E-state index in [1.165, 1.54) is 12.8 Å². The van der Waals surface area contributed by atoms with Gasteiger partial charge in [-0.15, -0.1) is 0 Å². The van der Waals surface area contributed by atoms with E-state index in [0.29, 0.717) is 0 Å². The zero-order valence-electron chi connectivity index (χ0n) is 10.9. The van der Waals surface area contributed by atoms with Crippen molar-refractivity contribution in [1.82, 2.24) is 0 Å². The van der Waals surface area contributed by atoms with Crippen LogP contribution in [-0.2, 0) is 22.6 Å². The first-order valence-electron chi connectivity index (χ1n) is 5.71. The predicted molar refractivity (Wildman–Crippen MR) is 71.9 cm³/mol. The Balaban J connectivity index is 0.000000770. The van der Waals surface area contributed by atoms with Crippen LogP contribution in [-0.4, -0.2) is 23.1 Å². The van der Waals surface area contributed by atoms with E-state index in [1.54, 1.807) is 0 Å². The number of hydrogen-bond acceptors (Lipinski definition) is 3. The Hall–Kier alpha value is -0.360. The van der Waals surface area contributed by atoms with Gasteiger partial charge in [0.2, 0.25) is 0 Å². The third kappa shape index (κ3) is 7.54. The summed E-state index contributed by atoms with van der Waals surface area (Å²) in [4.78, 5) is 0. The van der Waals surface area contributed by atoms with Crippen LogP contribution in [0.5, 0.6) is 0 Å². The average molecular weight is 279 g/mol. The normalized spacial score (nSPS) is 22.1. The van der Waals surface area contributed by atoms with E-state index in [0.717, 1.165) is 24.5 Å². The van der Waals surface area contributed by atoms with E-state index in [2.05, 4.69) is 11.3 Å². The van der Waals surface area contributed by atoms with Crippen LogP contribution in [0.4, 0.5) is 0 Å². The van der Waals surface area contributed by atoms with Gasteiger partial charge in [-0.3, -0.25) is 0 Å². The molecule has 0 aromatic carbocycles. The summed E-state index contributed by atoms with van der Waals surface area (Å²) in [6, 6.07) is 0. The molecule has 0 bridgehead atoms. The van der Waals surface area contributed by atoms with Crippen LogP contribution in [0.15, 0.2) is 4.40 Å². The second kappa shape index (κ2) is 7.87. The van der Waals surface area contributed by atoms with Crippen molar-refractivity contribution in [3.8, 4) is 0 Å². The molecular weight excluding hydrogens is 258 g/mol. The van der Waals surface area contributed by atoms with E-state index >= 15 is 0 Å². The molecule has 17 heavy (non-hydrogen) atoms. The van der Waals surface area contributed by atoms with Gasteiger partial charge in [0.05, 0.1) is 4.75 Å². The van der Waals surface area contributed by atoms with E-state index in [1.807, 2.05) is 20.8 Å². The lowest BCUT2D eigenvalue weighted by Crippen LogP contribution is -2.22. The van der Waals surface area contributed by atoms with Gasteiger partial charge >= 0.3 is 11.6 Å². The number of rotatable bonds is 1. The van der Waals surface area contributed by atoms with Gasteiger partial charge in [-0.25, -0.2) is 4.21 Å². The third-order valence-electron chi connectivity index (χ3n) is 2.59. The van der Waals surface area contributed by atoms with Crippen LogP contribution in [0.1, 0.15) is 53.4 Å². The highest BCUT2D eigenvalue weighted by Gasteiger charge is 2.21. The van der Waals surface area contributed by atoms with Crippen LogP contribution >= 0.6 is 0 Å². The van der Waals surface area contributed by atoms with Crippen molar-refractivity contribution in [1.29, 1.82) is 0 Å². The van der Waals surface area contributed by atoms with Crippen molar-refractivity contribution >= 4 is 28.3 Å². The molecule has 0 aliphatic heterocycles. The van der Waals surface area contributed by atoms with Gasteiger partial charge in [0.25, 0.3) is 0 Å². The van der Waals surface area contributed by atoms with Gasteiger partial charge in [0.15, 0.2) is 0 Å². The summed E-state index contributed by atoms with van der Waals surface area (Å²) in [6.07, 6.45) is 4.51. The molecule has 0 saturated heterocycles. The van der Waals surface area contributed by atoms with E-state index in [9.17, 15) is 4.21 Å². The summed E-state index contributed by atoms with van der Waals surface area (Å²) in [7, 11) is -1.06. The Bertz CT molecular complexity index is 318. The second-order valence-corrected chi connectivity index (χ2v) is 7.31. The molecule has 6 heteroatoms. The van der Waals surface area contributed by atoms with E-state index in [-0.39, 0.29) is 4.75 Å². The van der Waals surface area contributed by atoms with Crippen molar-refractivity contribution in [2.75, 3.05) is 0 Å². The maximum absolute atomic E-state index is 11.7. The minimum absolute atomic E-state index is 0.212. The molecule has 100 valence electrons. The standard InChI is InChI=1S/C11H21NOS.O2S/c1-9-5-7-10(8-6-9)12-14(13)11(2,3)4;1-3-2/h9H,5-8H2,1-4H3;/t9?,14-;/m0./s1. The molecule has 1 saturated carbocycles. The lowest BCUT2D eigenvalue weighted by atomic mass is 9.90. The van der Waals surface area contributed by atoms with Gasteiger partial charge in [-0.05, 0) is 52.4 Å². The Kier molecular flexibility index (Phi) is 7.70. The molecule has 4 nitrogen and oxygen atoms in total. The quantitative estimate of drug-likeness (QED) is 0.740. The topological polar surface area (TPSA) is 63.6 Å².